The Morgan fingerprint density at radius 1 is 1.05 bits per heavy atom. The fourth-order valence-corrected chi connectivity index (χ4v) is 1.76. The first-order valence-electron chi connectivity index (χ1n) is 6.14. The molecule has 0 fully saturated rings. The maximum Gasteiger partial charge on any atom is 0.312 e. The first-order valence-corrected chi connectivity index (χ1v) is 6.14. The second kappa shape index (κ2) is 6.44. The zero-order chi connectivity index (χ0) is 16.1. The summed E-state index contributed by atoms with van der Waals surface area (Å²) in [4.78, 5) is 24.4. The lowest BCUT2D eigenvalue weighted by molar-refractivity contribution is -0.385. The summed E-state index contributed by atoms with van der Waals surface area (Å²) < 4.78 is 5.43. The first kappa shape index (κ1) is 15.1. The standard InChI is InChI=1S/C14H11N3O5/c1-15-9-10-2-7-14(13(8-10)17(20)21)22-12-5-3-11(4-6-12)16(18)19/h2-9H,1H3. The molecule has 0 aromatic heterocycles. The molecule has 0 radical (unpaired) electrons. The maximum absolute atomic E-state index is 11.1. The quantitative estimate of drug-likeness (QED) is 0.478. The van der Waals surface area contributed by atoms with Crippen LogP contribution >= 0.6 is 0 Å². The molecule has 0 aliphatic heterocycles. The smallest absolute Gasteiger partial charge is 0.312 e. The van der Waals surface area contributed by atoms with E-state index in [9.17, 15) is 20.2 Å². The fraction of sp³-hybridized carbons (Fsp3) is 0.0714. The summed E-state index contributed by atoms with van der Waals surface area (Å²) >= 11 is 0. The van der Waals surface area contributed by atoms with Crippen LogP contribution in [-0.2, 0) is 0 Å². The molecule has 0 aliphatic carbocycles. The maximum atomic E-state index is 11.1. The number of aliphatic imine (C=N–C) groups is 1. The van der Waals surface area contributed by atoms with Gasteiger partial charge in [-0.1, -0.05) is 0 Å². The second-order valence-corrected chi connectivity index (χ2v) is 4.22. The molecule has 2 aromatic carbocycles. The molecular weight excluding hydrogens is 290 g/mol. The minimum absolute atomic E-state index is 0.0482. The summed E-state index contributed by atoms with van der Waals surface area (Å²) in [5, 5.41) is 21.7. The minimum Gasteiger partial charge on any atom is -0.450 e. The highest BCUT2D eigenvalue weighted by Gasteiger charge is 2.16. The van der Waals surface area contributed by atoms with Gasteiger partial charge in [-0.05, 0) is 29.8 Å². The van der Waals surface area contributed by atoms with Gasteiger partial charge in [0.1, 0.15) is 5.75 Å². The molecule has 0 atom stereocenters. The number of hydrogen-bond acceptors (Lipinski definition) is 6. The molecule has 0 amide bonds. The van der Waals surface area contributed by atoms with Crippen molar-refractivity contribution >= 4 is 17.6 Å². The topological polar surface area (TPSA) is 108 Å². The summed E-state index contributed by atoms with van der Waals surface area (Å²) in [7, 11) is 1.56. The largest absolute Gasteiger partial charge is 0.450 e. The molecule has 0 spiro atoms. The van der Waals surface area contributed by atoms with Crippen molar-refractivity contribution in [2.75, 3.05) is 7.05 Å². The van der Waals surface area contributed by atoms with Crippen molar-refractivity contribution in [1.82, 2.24) is 0 Å². The van der Waals surface area contributed by atoms with Crippen LogP contribution in [0.1, 0.15) is 5.56 Å². The van der Waals surface area contributed by atoms with Gasteiger partial charge >= 0.3 is 5.69 Å². The van der Waals surface area contributed by atoms with E-state index >= 15 is 0 Å². The Balaban J connectivity index is 2.32. The Bertz CT molecular complexity index is 741. The van der Waals surface area contributed by atoms with Crippen molar-refractivity contribution in [3.05, 3.63) is 68.3 Å². The molecular formula is C14H11N3O5. The summed E-state index contributed by atoms with van der Waals surface area (Å²) in [6, 6.07) is 9.70. The molecule has 0 saturated heterocycles. The number of ether oxygens (including phenoxy) is 1. The van der Waals surface area contributed by atoms with Crippen LogP contribution in [0.15, 0.2) is 47.5 Å². The van der Waals surface area contributed by atoms with Crippen molar-refractivity contribution < 1.29 is 14.6 Å². The van der Waals surface area contributed by atoms with E-state index < -0.39 is 9.85 Å². The third-order valence-electron chi connectivity index (χ3n) is 2.73. The number of nitro benzene ring substituents is 2. The molecule has 22 heavy (non-hydrogen) atoms. The Hall–Kier alpha value is -3.29. The van der Waals surface area contributed by atoms with Gasteiger partial charge in [0.05, 0.1) is 9.85 Å². The van der Waals surface area contributed by atoms with E-state index in [1.54, 1.807) is 13.1 Å². The Labute approximate surface area is 125 Å². The van der Waals surface area contributed by atoms with Crippen LogP contribution in [0, 0.1) is 20.2 Å². The summed E-state index contributed by atoms with van der Waals surface area (Å²) in [5.74, 6) is 0.317. The molecule has 0 heterocycles. The van der Waals surface area contributed by atoms with Crippen molar-refractivity contribution in [3.63, 3.8) is 0 Å². The molecule has 0 bridgehead atoms. The monoisotopic (exact) mass is 301 g/mol. The summed E-state index contributed by atoms with van der Waals surface area (Å²) in [5.41, 5.74) is 0.275. The molecule has 2 rings (SSSR count). The number of nitrogens with zero attached hydrogens (tertiary/aromatic N) is 3. The minimum atomic E-state index is -0.562. The predicted octanol–water partition coefficient (Wildman–Crippen LogP) is 3.34. The van der Waals surface area contributed by atoms with E-state index in [0.717, 1.165) is 0 Å². The molecule has 112 valence electrons. The lowest BCUT2D eigenvalue weighted by Gasteiger charge is -2.06. The zero-order valence-corrected chi connectivity index (χ0v) is 11.5. The molecule has 0 aliphatic rings. The van der Waals surface area contributed by atoms with E-state index in [0.29, 0.717) is 5.56 Å². The van der Waals surface area contributed by atoms with Crippen LogP contribution in [0.5, 0.6) is 11.5 Å². The van der Waals surface area contributed by atoms with Gasteiger partial charge in [0.2, 0.25) is 5.75 Å². The van der Waals surface area contributed by atoms with Gasteiger partial charge in [-0.3, -0.25) is 25.2 Å². The van der Waals surface area contributed by atoms with E-state index in [-0.39, 0.29) is 22.9 Å². The Kier molecular flexibility index (Phi) is 4.42. The predicted molar refractivity (Wildman–Crippen MR) is 79.8 cm³/mol. The van der Waals surface area contributed by atoms with Crippen LogP contribution in [0.25, 0.3) is 0 Å². The normalized spacial score (nSPS) is 10.6. The molecule has 8 nitrogen and oxygen atoms in total. The zero-order valence-electron chi connectivity index (χ0n) is 11.5. The summed E-state index contributed by atoms with van der Waals surface area (Å²) in [6.07, 6.45) is 1.49. The Morgan fingerprint density at radius 2 is 1.73 bits per heavy atom. The van der Waals surface area contributed by atoms with Crippen LogP contribution in [0.2, 0.25) is 0 Å². The van der Waals surface area contributed by atoms with E-state index in [1.807, 2.05) is 0 Å². The third-order valence-corrected chi connectivity index (χ3v) is 2.73. The van der Waals surface area contributed by atoms with E-state index in [2.05, 4.69) is 4.99 Å². The van der Waals surface area contributed by atoms with Crippen molar-refractivity contribution in [3.8, 4) is 11.5 Å². The highest BCUT2D eigenvalue weighted by molar-refractivity contribution is 5.81. The average molecular weight is 301 g/mol. The van der Waals surface area contributed by atoms with Crippen LogP contribution < -0.4 is 4.74 Å². The van der Waals surface area contributed by atoms with Gasteiger partial charge in [-0.2, -0.15) is 0 Å². The van der Waals surface area contributed by atoms with E-state index in [1.165, 1.54) is 42.6 Å². The highest BCUT2D eigenvalue weighted by atomic mass is 16.6. The van der Waals surface area contributed by atoms with Gasteiger partial charge in [0, 0.05) is 31.5 Å². The highest BCUT2D eigenvalue weighted by Crippen LogP contribution is 2.32. The molecule has 0 unspecified atom stereocenters. The third kappa shape index (κ3) is 3.42. The van der Waals surface area contributed by atoms with Gasteiger partial charge in [0.15, 0.2) is 0 Å². The van der Waals surface area contributed by atoms with Crippen LogP contribution in [0.4, 0.5) is 11.4 Å². The molecule has 8 heteroatoms. The SMILES string of the molecule is CN=Cc1ccc(Oc2ccc([N+](=O)[O-])cc2)c([N+](=O)[O-])c1. The van der Waals surface area contributed by atoms with Gasteiger partial charge < -0.3 is 4.74 Å². The van der Waals surface area contributed by atoms with Gasteiger partial charge in [0.25, 0.3) is 5.69 Å². The summed E-state index contributed by atoms with van der Waals surface area (Å²) in [6.45, 7) is 0. The fourth-order valence-electron chi connectivity index (χ4n) is 1.76. The number of non-ortho nitro benzene ring substituents is 1. The lowest BCUT2D eigenvalue weighted by Crippen LogP contribution is -1.95. The van der Waals surface area contributed by atoms with Crippen LogP contribution in [0.3, 0.4) is 0 Å². The van der Waals surface area contributed by atoms with Crippen LogP contribution in [-0.4, -0.2) is 23.1 Å². The number of nitro groups is 2. The van der Waals surface area contributed by atoms with Crippen molar-refractivity contribution in [2.24, 2.45) is 4.99 Å². The number of rotatable bonds is 5. The van der Waals surface area contributed by atoms with Gasteiger partial charge in [-0.15, -0.1) is 0 Å². The van der Waals surface area contributed by atoms with Gasteiger partial charge in [-0.25, -0.2) is 0 Å². The second-order valence-electron chi connectivity index (χ2n) is 4.22. The first-order chi connectivity index (χ1) is 10.5. The van der Waals surface area contributed by atoms with Crippen molar-refractivity contribution in [2.45, 2.75) is 0 Å². The van der Waals surface area contributed by atoms with E-state index in [4.69, 9.17) is 4.74 Å². The number of benzene rings is 2. The number of hydrogen-bond donors (Lipinski definition) is 0. The molecule has 0 N–H and O–H groups in total. The lowest BCUT2D eigenvalue weighted by atomic mass is 10.2. The van der Waals surface area contributed by atoms with Crippen molar-refractivity contribution in [1.29, 1.82) is 0 Å². The molecule has 0 saturated carbocycles. The average Bonchev–Trinajstić information content (AvgIpc) is 2.49. The Morgan fingerprint density at radius 3 is 2.27 bits per heavy atom. The molecule has 2 aromatic rings.